The molecule has 0 spiro atoms. The van der Waals surface area contributed by atoms with Gasteiger partial charge in [-0.15, -0.1) is 0 Å². The molecule has 1 aromatic heterocycles. The van der Waals surface area contributed by atoms with E-state index in [1.807, 2.05) is 6.07 Å². The third-order valence-corrected chi connectivity index (χ3v) is 4.84. The average molecular weight is 286 g/mol. The molecule has 0 fully saturated rings. The summed E-state index contributed by atoms with van der Waals surface area (Å²) < 4.78 is 11.5. The number of rotatable bonds is 1. The standard InChI is InChI=1S/C17H19NO3/c1-10(2)18-8-14-15(20-9-18)7-6-12-11-4-3-5-13(11)17(19)21-16(12)14/h6-7,10H,3-5,8-9H2,1-2H3/p+1. The third kappa shape index (κ3) is 1.89. The number of hydrogen-bond donors (Lipinski definition) is 1. The van der Waals surface area contributed by atoms with E-state index in [0.717, 1.165) is 53.7 Å². The van der Waals surface area contributed by atoms with E-state index in [-0.39, 0.29) is 5.63 Å². The molecule has 110 valence electrons. The van der Waals surface area contributed by atoms with Crippen molar-refractivity contribution in [3.63, 3.8) is 0 Å². The highest BCUT2D eigenvalue weighted by molar-refractivity contribution is 5.86. The van der Waals surface area contributed by atoms with E-state index in [4.69, 9.17) is 9.15 Å². The summed E-state index contributed by atoms with van der Waals surface area (Å²) in [6.45, 7) is 5.89. The molecule has 1 unspecified atom stereocenters. The van der Waals surface area contributed by atoms with Crippen LogP contribution < -0.4 is 15.3 Å². The minimum atomic E-state index is -0.153. The molecule has 0 radical (unpaired) electrons. The molecule has 0 bridgehead atoms. The Hall–Kier alpha value is -1.81. The summed E-state index contributed by atoms with van der Waals surface area (Å²) in [5, 5.41) is 1.11. The molecule has 1 aliphatic carbocycles. The quantitative estimate of drug-likeness (QED) is 0.807. The molecule has 2 aliphatic rings. The van der Waals surface area contributed by atoms with Gasteiger partial charge in [-0.05, 0) is 50.8 Å². The molecular formula is C17H20NO3+. The maximum atomic E-state index is 12.2. The van der Waals surface area contributed by atoms with Gasteiger partial charge in [-0.25, -0.2) is 4.79 Å². The fourth-order valence-corrected chi connectivity index (χ4v) is 3.51. The van der Waals surface area contributed by atoms with E-state index >= 15 is 0 Å². The van der Waals surface area contributed by atoms with Crippen molar-refractivity contribution in [2.24, 2.45) is 0 Å². The van der Waals surface area contributed by atoms with Gasteiger partial charge in [-0.2, -0.15) is 0 Å². The Balaban J connectivity index is 1.96. The molecule has 2 aromatic rings. The lowest BCUT2D eigenvalue weighted by atomic mass is 10.0. The molecule has 2 heterocycles. The van der Waals surface area contributed by atoms with Gasteiger partial charge < -0.3 is 9.15 Å². The van der Waals surface area contributed by atoms with Crippen LogP contribution in [0.15, 0.2) is 21.3 Å². The highest BCUT2D eigenvalue weighted by Crippen LogP contribution is 2.33. The van der Waals surface area contributed by atoms with Crippen molar-refractivity contribution >= 4 is 11.0 Å². The molecule has 0 amide bonds. The first-order chi connectivity index (χ1) is 10.1. The summed E-state index contributed by atoms with van der Waals surface area (Å²) in [6.07, 6.45) is 2.89. The maximum absolute atomic E-state index is 12.2. The van der Waals surface area contributed by atoms with Gasteiger partial charge in [0.2, 0.25) is 6.73 Å². The lowest BCUT2D eigenvalue weighted by molar-refractivity contribution is -0.952. The number of ether oxygens (including phenoxy) is 1. The molecular weight excluding hydrogens is 266 g/mol. The predicted molar refractivity (Wildman–Crippen MR) is 79.8 cm³/mol. The smallest absolute Gasteiger partial charge is 0.339 e. The maximum Gasteiger partial charge on any atom is 0.339 e. The minimum Gasteiger partial charge on any atom is -0.445 e. The SMILES string of the molecule is CC(C)[NH+]1COc2ccc3c4c(c(=O)oc3c2C1)CCC4. The van der Waals surface area contributed by atoms with E-state index in [2.05, 4.69) is 19.9 Å². The van der Waals surface area contributed by atoms with Gasteiger partial charge in [-0.1, -0.05) is 0 Å². The van der Waals surface area contributed by atoms with Gasteiger partial charge in [0.1, 0.15) is 12.3 Å². The van der Waals surface area contributed by atoms with Gasteiger partial charge >= 0.3 is 5.63 Å². The van der Waals surface area contributed by atoms with Crippen LogP contribution in [0.25, 0.3) is 11.0 Å². The minimum absolute atomic E-state index is 0.153. The second kappa shape index (κ2) is 4.60. The zero-order valence-corrected chi connectivity index (χ0v) is 12.5. The Labute approximate surface area is 123 Å². The molecule has 1 aliphatic heterocycles. The van der Waals surface area contributed by atoms with Crippen LogP contribution in [0.2, 0.25) is 0 Å². The fourth-order valence-electron chi connectivity index (χ4n) is 3.51. The molecule has 21 heavy (non-hydrogen) atoms. The number of aryl methyl sites for hydroxylation is 1. The Morgan fingerprint density at radius 2 is 1.95 bits per heavy atom. The molecule has 4 heteroatoms. The van der Waals surface area contributed by atoms with Crippen molar-refractivity contribution in [3.8, 4) is 5.75 Å². The normalized spacial score (nSPS) is 20.4. The topological polar surface area (TPSA) is 43.9 Å². The van der Waals surface area contributed by atoms with E-state index < -0.39 is 0 Å². The number of hydrogen-bond acceptors (Lipinski definition) is 3. The molecule has 0 saturated carbocycles. The molecule has 0 saturated heterocycles. The molecule has 4 nitrogen and oxygen atoms in total. The molecule has 1 aromatic carbocycles. The van der Waals surface area contributed by atoms with Gasteiger partial charge in [0.15, 0.2) is 5.58 Å². The highest BCUT2D eigenvalue weighted by atomic mass is 16.5. The van der Waals surface area contributed by atoms with Crippen molar-refractivity contribution in [3.05, 3.63) is 39.2 Å². The van der Waals surface area contributed by atoms with Crippen molar-refractivity contribution < 1.29 is 14.1 Å². The first-order valence-corrected chi connectivity index (χ1v) is 7.73. The van der Waals surface area contributed by atoms with Gasteiger partial charge in [-0.3, -0.25) is 4.90 Å². The lowest BCUT2D eigenvalue weighted by Gasteiger charge is -2.29. The van der Waals surface area contributed by atoms with Crippen LogP contribution in [0.5, 0.6) is 5.75 Å². The van der Waals surface area contributed by atoms with E-state index in [1.165, 1.54) is 10.5 Å². The second-order valence-corrected chi connectivity index (χ2v) is 6.40. The lowest BCUT2D eigenvalue weighted by Crippen LogP contribution is -3.15. The van der Waals surface area contributed by atoms with Crippen LogP contribution in [0.4, 0.5) is 0 Å². The van der Waals surface area contributed by atoms with E-state index in [1.54, 1.807) is 0 Å². The largest absolute Gasteiger partial charge is 0.445 e. The van der Waals surface area contributed by atoms with E-state index in [9.17, 15) is 4.79 Å². The first-order valence-electron chi connectivity index (χ1n) is 7.73. The Morgan fingerprint density at radius 3 is 2.76 bits per heavy atom. The van der Waals surface area contributed by atoms with Gasteiger partial charge in [0.05, 0.1) is 11.6 Å². The monoisotopic (exact) mass is 286 g/mol. The summed E-state index contributed by atoms with van der Waals surface area (Å²) in [7, 11) is 0. The number of nitrogens with one attached hydrogen (secondary N) is 1. The highest BCUT2D eigenvalue weighted by Gasteiger charge is 2.28. The van der Waals surface area contributed by atoms with Crippen LogP contribution in [-0.4, -0.2) is 12.8 Å². The molecule has 1 N–H and O–H groups in total. The summed E-state index contributed by atoms with van der Waals surface area (Å²) in [4.78, 5) is 13.6. The number of fused-ring (bicyclic) bond motifs is 5. The van der Waals surface area contributed by atoms with Crippen LogP contribution in [0, 0.1) is 0 Å². The second-order valence-electron chi connectivity index (χ2n) is 6.40. The van der Waals surface area contributed by atoms with E-state index in [0.29, 0.717) is 12.8 Å². The van der Waals surface area contributed by atoms with Gasteiger partial charge in [0.25, 0.3) is 0 Å². The van der Waals surface area contributed by atoms with Crippen molar-refractivity contribution in [1.29, 1.82) is 0 Å². The van der Waals surface area contributed by atoms with Crippen LogP contribution in [0.1, 0.15) is 37.0 Å². The fraction of sp³-hybridized carbons (Fsp3) is 0.471. The van der Waals surface area contributed by atoms with Crippen LogP contribution >= 0.6 is 0 Å². The Bertz CT molecular complexity index is 776. The van der Waals surface area contributed by atoms with Crippen molar-refractivity contribution in [2.75, 3.05) is 6.73 Å². The summed E-state index contributed by atoms with van der Waals surface area (Å²) in [5.41, 5.74) is 3.72. The Kier molecular flexibility index (Phi) is 2.82. The van der Waals surface area contributed by atoms with Crippen LogP contribution in [-0.2, 0) is 19.4 Å². The average Bonchev–Trinajstić information content (AvgIpc) is 2.97. The Morgan fingerprint density at radius 1 is 1.14 bits per heavy atom. The molecule has 1 atom stereocenters. The summed E-state index contributed by atoms with van der Waals surface area (Å²) >= 11 is 0. The summed E-state index contributed by atoms with van der Waals surface area (Å²) in [6, 6.07) is 4.57. The number of benzene rings is 1. The number of quaternary nitrogens is 1. The van der Waals surface area contributed by atoms with Gasteiger partial charge in [0, 0.05) is 10.9 Å². The third-order valence-electron chi connectivity index (χ3n) is 4.84. The zero-order valence-electron chi connectivity index (χ0n) is 12.5. The predicted octanol–water partition coefficient (Wildman–Crippen LogP) is 1.42. The van der Waals surface area contributed by atoms with Crippen LogP contribution in [0.3, 0.4) is 0 Å². The van der Waals surface area contributed by atoms with Crippen molar-refractivity contribution in [2.45, 2.75) is 45.7 Å². The van der Waals surface area contributed by atoms with Crippen molar-refractivity contribution in [1.82, 2.24) is 0 Å². The zero-order chi connectivity index (χ0) is 14.6. The molecule has 4 rings (SSSR count). The summed E-state index contributed by atoms with van der Waals surface area (Å²) in [5.74, 6) is 0.869. The first kappa shape index (κ1) is 12.9.